The highest BCUT2D eigenvalue weighted by Gasteiger charge is 2.27. The van der Waals surface area contributed by atoms with Gasteiger partial charge in [0.05, 0.1) is 0 Å². The molecule has 1 aliphatic carbocycles. The van der Waals surface area contributed by atoms with Crippen LogP contribution in [0.25, 0.3) is 0 Å². The van der Waals surface area contributed by atoms with Crippen molar-refractivity contribution in [3.8, 4) is 5.75 Å². The van der Waals surface area contributed by atoms with Crippen LogP contribution in [0, 0.1) is 0 Å². The molecule has 0 amide bonds. The summed E-state index contributed by atoms with van der Waals surface area (Å²) in [5.74, 6) is 0.472. The van der Waals surface area contributed by atoms with Crippen molar-refractivity contribution >= 4 is 0 Å². The number of benzene rings is 1. The van der Waals surface area contributed by atoms with Crippen LogP contribution in [0.5, 0.6) is 5.75 Å². The van der Waals surface area contributed by atoms with Gasteiger partial charge in [-0.1, -0.05) is 53.7 Å². The third kappa shape index (κ3) is 3.54. The summed E-state index contributed by atoms with van der Waals surface area (Å²) in [6.07, 6.45) is 2.60. The van der Waals surface area contributed by atoms with Crippen LogP contribution in [0.2, 0.25) is 0 Å². The number of phenolic OH excluding ortho intramolecular Hbond substituents is 1. The first-order valence-corrected chi connectivity index (χ1v) is 7.69. The fourth-order valence-corrected chi connectivity index (χ4v) is 2.49. The van der Waals surface area contributed by atoms with Gasteiger partial charge in [-0.05, 0) is 40.4 Å². The second-order valence-electron chi connectivity index (χ2n) is 8.19. The Hall–Kier alpha value is -1.02. The standard InChI is InChI=1S/C18H29NO/c1-17(2,3)14-9-12(11-19-13-7-8-13)10-15(16(14)20)18(4,5)6/h9-10,13,19-20H,7-8,11H2,1-6H3. The first-order valence-electron chi connectivity index (χ1n) is 7.69. The van der Waals surface area contributed by atoms with E-state index < -0.39 is 0 Å². The molecule has 0 saturated heterocycles. The molecule has 1 aromatic rings. The molecule has 1 saturated carbocycles. The fraction of sp³-hybridized carbons (Fsp3) is 0.667. The van der Waals surface area contributed by atoms with Gasteiger partial charge >= 0.3 is 0 Å². The van der Waals surface area contributed by atoms with Crippen LogP contribution in [-0.2, 0) is 17.4 Å². The van der Waals surface area contributed by atoms with E-state index in [-0.39, 0.29) is 10.8 Å². The van der Waals surface area contributed by atoms with Gasteiger partial charge in [-0.15, -0.1) is 0 Å². The molecule has 0 unspecified atom stereocenters. The Morgan fingerprint density at radius 2 is 1.45 bits per heavy atom. The molecule has 1 aromatic carbocycles. The predicted octanol–water partition coefficient (Wildman–Crippen LogP) is 4.24. The molecule has 1 fully saturated rings. The molecule has 2 nitrogen and oxygen atoms in total. The topological polar surface area (TPSA) is 32.3 Å². The van der Waals surface area contributed by atoms with E-state index in [9.17, 15) is 5.11 Å². The third-order valence-electron chi connectivity index (χ3n) is 3.96. The molecule has 0 bridgehead atoms. The van der Waals surface area contributed by atoms with Crippen molar-refractivity contribution in [2.75, 3.05) is 0 Å². The van der Waals surface area contributed by atoms with E-state index in [4.69, 9.17) is 0 Å². The van der Waals surface area contributed by atoms with E-state index >= 15 is 0 Å². The van der Waals surface area contributed by atoms with Gasteiger partial charge < -0.3 is 10.4 Å². The highest BCUT2D eigenvalue weighted by atomic mass is 16.3. The van der Waals surface area contributed by atoms with E-state index in [2.05, 4.69) is 59.0 Å². The number of hydrogen-bond acceptors (Lipinski definition) is 2. The normalized spacial score (nSPS) is 16.5. The van der Waals surface area contributed by atoms with Crippen LogP contribution in [-0.4, -0.2) is 11.1 Å². The average Bonchev–Trinajstić information content (AvgIpc) is 3.08. The van der Waals surface area contributed by atoms with Crippen molar-refractivity contribution in [3.05, 3.63) is 28.8 Å². The SMILES string of the molecule is CC(C)(C)c1cc(CNC2CC2)cc(C(C)(C)C)c1O. The fourth-order valence-electron chi connectivity index (χ4n) is 2.49. The summed E-state index contributed by atoms with van der Waals surface area (Å²) in [6.45, 7) is 13.9. The van der Waals surface area contributed by atoms with Crippen molar-refractivity contribution in [1.29, 1.82) is 0 Å². The van der Waals surface area contributed by atoms with E-state index in [1.165, 1.54) is 18.4 Å². The van der Waals surface area contributed by atoms with Crippen LogP contribution in [0.15, 0.2) is 12.1 Å². The third-order valence-corrected chi connectivity index (χ3v) is 3.96. The molecular formula is C18H29NO. The minimum atomic E-state index is -0.0420. The van der Waals surface area contributed by atoms with Crippen molar-refractivity contribution < 1.29 is 5.11 Å². The number of hydrogen-bond donors (Lipinski definition) is 2. The van der Waals surface area contributed by atoms with Crippen LogP contribution >= 0.6 is 0 Å². The lowest BCUT2D eigenvalue weighted by molar-refractivity contribution is 0.422. The molecule has 0 aliphatic heterocycles. The molecule has 2 N–H and O–H groups in total. The van der Waals surface area contributed by atoms with Gasteiger partial charge in [-0.25, -0.2) is 0 Å². The minimum absolute atomic E-state index is 0.0420. The van der Waals surface area contributed by atoms with Gasteiger partial charge in [-0.2, -0.15) is 0 Å². The largest absolute Gasteiger partial charge is 0.507 e. The molecule has 0 radical (unpaired) electrons. The average molecular weight is 275 g/mol. The summed E-state index contributed by atoms with van der Waals surface area (Å²) < 4.78 is 0. The Balaban J connectivity index is 2.41. The van der Waals surface area contributed by atoms with Crippen LogP contribution in [0.3, 0.4) is 0 Å². The lowest BCUT2D eigenvalue weighted by atomic mass is 9.78. The first-order chi connectivity index (χ1) is 9.09. The van der Waals surface area contributed by atoms with Gasteiger partial charge in [0.15, 0.2) is 0 Å². The summed E-state index contributed by atoms with van der Waals surface area (Å²) >= 11 is 0. The number of nitrogens with one attached hydrogen (secondary N) is 1. The van der Waals surface area contributed by atoms with Crippen molar-refractivity contribution in [1.82, 2.24) is 5.32 Å². The molecule has 1 aliphatic rings. The van der Waals surface area contributed by atoms with Crippen LogP contribution < -0.4 is 5.32 Å². The van der Waals surface area contributed by atoms with Crippen LogP contribution in [0.4, 0.5) is 0 Å². The van der Waals surface area contributed by atoms with E-state index in [1.54, 1.807) is 0 Å². The first kappa shape index (κ1) is 15.4. The lowest BCUT2D eigenvalue weighted by Gasteiger charge is -2.28. The predicted molar refractivity (Wildman–Crippen MR) is 85.4 cm³/mol. The quantitative estimate of drug-likeness (QED) is 0.865. The van der Waals surface area contributed by atoms with E-state index in [1.807, 2.05) is 0 Å². The maximum atomic E-state index is 10.7. The number of phenols is 1. The van der Waals surface area contributed by atoms with Crippen molar-refractivity contribution in [3.63, 3.8) is 0 Å². The van der Waals surface area contributed by atoms with Gasteiger partial charge in [0.2, 0.25) is 0 Å². The summed E-state index contributed by atoms with van der Waals surface area (Å²) in [4.78, 5) is 0. The Labute approximate surface area is 123 Å². The zero-order chi connectivity index (χ0) is 15.1. The maximum Gasteiger partial charge on any atom is 0.123 e. The second kappa shape index (κ2) is 5.07. The molecular weight excluding hydrogens is 246 g/mol. The number of aromatic hydroxyl groups is 1. The van der Waals surface area contributed by atoms with E-state index in [0.717, 1.165) is 17.7 Å². The lowest BCUT2D eigenvalue weighted by Crippen LogP contribution is -2.20. The summed E-state index contributed by atoms with van der Waals surface area (Å²) in [7, 11) is 0. The zero-order valence-corrected chi connectivity index (χ0v) is 13.8. The zero-order valence-electron chi connectivity index (χ0n) is 13.8. The Bertz CT molecular complexity index is 452. The molecule has 20 heavy (non-hydrogen) atoms. The Morgan fingerprint density at radius 1 is 1.00 bits per heavy atom. The van der Waals surface area contributed by atoms with Crippen molar-refractivity contribution in [2.45, 2.75) is 77.8 Å². The second-order valence-corrected chi connectivity index (χ2v) is 8.19. The smallest absolute Gasteiger partial charge is 0.123 e. The molecule has 0 spiro atoms. The van der Waals surface area contributed by atoms with E-state index in [0.29, 0.717) is 11.8 Å². The highest BCUT2D eigenvalue weighted by Crippen LogP contribution is 2.39. The Kier molecular flexibility index (Phi) is 3.90. The molecule has 112 valence electrons. The molecule has 0 aromatic heterocycles. The number of rotatable bonds is 3. The molecule has 2 rings (SSSR count). The van der Waals surface area contributed by atoms with Gasteiger partial charge in [-0.3, -0.25) is 0 Å². The van der Waals surface area contributed by atoms with Crippen LogP contribution in [0.1, 0.15) is 71.1 Å². The summed E-state index contributed by atoms with van der Waals surface area (Å²) in [6, 6.07) is 5.04. The summed E-state index contributed by atoms with van der Waals surface area (Å²) in [5, 5.41) is 14.2. The minimum Gasteiger partial charge on any atom is -0.507 e. The van der Waals surface area contributed by atoms with Crippen molar-refractivity contribution in [2.24, 2.45) is 0 Å². The molecule has 2 heteroatoms. The maximum absolute atomic E-state index is 10.7. The van der Waals surface area contributed by atoms with Gasteiger partial charge in [0, 0.05) is 12.6 Å². The van der Waals surface area contributed by atoms with Gasteiger partial charge in [0.1, 0.15) is 5.75 Å². The highest BCUT2D eigenvalue weighted by molar-refractivity contribution is 5.49. The molecule has 0 atom stereocenters. The van der Waals surface area contributed by atoms with Gasteiger partial charge in [0.25, 0.3) is 0 Å². The molecule has 0 heterocycles. The summed E-state index contributed by atoms with van der Waals surface area (Å²) in [5.41, 5.74) is 3.30. The monoisotopic (exact) mass is 275 g/mol. The Morgan fingerprint density at radius 3 is 1.80 bits per heavy atom.